The zero-order valence-electron chi connectivity index (χ0n) is 15.6. The van der Waals surface area contributed by atoms with Crippen LogP contribution >= 0.6 is 0 Å². The molecule has 0 radical (unpaired) electrons. The number of anilines is 1. The number of aryl methyl sites for hydroxylation is 2. The van der Waals surface area contributed by atoms with Crippen molar-refractivity contribution >= 4 is 22.4 Å². The minimum atomic E-state index is -0.518. The second-order valence-corrected chi connectivity index (χ2v) is 6.48. The van der Waals surface area contributed by atoms with E-state index in [1.807, 2.05) is 38.1 Å². The summed E-state index contributed by atoms with van der Waals surface area (Å²) in [5, 5.41) is 14.2. The van der Waals surface area contributed by atoms with Crippen LogP contribution in [0.5, 0.6) is 5.75 Å². The average Bonchev–Trinajstić information content (AvgIpc) is 2.67. The fourth-order valence-corrected chi connectivity index (χ4v) is 2.98. The largest absolute Gasteiger partial charge is 0.506 e. The van der Waals surface area contributed by atoms with Gasteiger partial charge in [0.15, 0.2) is 5.78 Å². The second-order valence-electron chi connectivity index (χ2n) is 6.48. The molecule has 0 fully saturated rings. The highest BCUT2D eigenvalue weighted by atomic mass is 16.3. The molecular formula is C22H22N2O3. The van der Waals surface area contributed by atoms with Crippen LogP contribution < -0.4 is 10.9 Å². The number of nitrogens with zero attached hydrogens (tertiary/aromatic N) is 1. The Morgan fingerprint density at radius 1 is 1.15 bits per heavy atom. The van der Waals surface area contributed by atoms with E-state index in [0.29, 0.717) is 23.0 Å². The third-order valence-corrected chi connectivity index (χ3v) is 4.56. The Morgan fingerprint density at radius 3 is 2.48 bits per heavy atom. The van der Waals surface area contributed by atoms with Crippen molar-refractivity contribution in [2.45, 2.75) is 20.3 Å². The quantitative estimate of drug-likeness (QED) is 0.528. The fourth-order valence-electron chi connectivity index (χ4n) is 2.98. The monoisotopic (exact) mass is 362 g/mol. The first kappa shape index (κ1) is 18.5. The maximum Gasteiger partial charge on any atom is 0.265 e. The Bertz CT molecular complexity index is 1090. The summed E-state index contributed by atoms with van der Waals surface area (Å²) < 4.78 is 1.38. The number of benzene rings is 2. The molecule has 5 nitrogen and oxygen atoms in total. The molecule has 2 N–H and O–H groups in total. The van der Waals surface area contributed by atoms with E-state index in [-0.39, 0.29) is 11.3 Å². The molecule has 0 aliphatic rings. The Kier molecular flexibility index (Phi) is 5.12. The molecule has 0 spiro atoms. The highest BCUT2D eigenvalue weighted by molar-refractivity contribution is 6.09. The van der Waals surface area contributed by atoms with E-state index in [1.165, 1.54) is 10.6 Å². The topological polar surface area (TPSA) is 71.3 Å². The number of fused-ring (bicyclic) bond motifs is 1. The number of carbonyl (C=O) groups is 1. The van der Waals surface area contributed by atoms with Crippen LogP contribution in [0.15, 0.2) is 65.1 Å². The number of allylic oxidation sites excluding steroid dienone is 2. The summed E-state index contributed by atoms with van der Waals surface area (Å²) >= 11 is 0. The van der Waals surface area contributed by atoms with Crippen LogP contribution in [0.3, 0.4) is 0 Å². The molecule has 5 heteroatoms. The van der Waals surface area contributed by atoms with Gasteiger partial charge < -0.3 is 15.0 Å². The number of aromatic hydroxyl groups is 1. The first-order chi connectivity index (χ1) is 12.9. The van der Waals surface area contributed by atoms with Gasteiger partial charge in [-0.2, -0.15) is 0 Å². The summed E-state index contributed by atoms with van der Waals surface area (Å²) in [6, 6.07) is 14.8. The third kappa shape index (κ3) is 3.62. The van der Waals surface area contributed by atoms with Gasteiger partial charge in [-0.3, -0.25) is 9.59 Å². The Balaban J connectivity index is 2.02. The minimum absolute atomic E-state index is 0.215. The summed E-state index contributed by atoms with van der Waals surface area (Å²) in [4.78, 5) is 25.4. The van der Waals surface area contributed by atoms with Crippen molar-refractivity contribution in [2.24, 2.45) is 7.05 Å². The van der Waals surface area contributed by atoms with Crippen LogP contribution in [-0.4, -0.2) is 15.5 Å². The summed E-state index contributed by atoms with van der Waals surface area (Å²) in [7, 11) is 1.59. The molecule has 3 rings (SSSR count). The normalized spacial score (nSPS) is 11.6. The number of aromatic nitrogens is 1. The van der Waals surface area contributed by atoms with E-state index < -0.39 is 11.3 Å². The summed E-state index contributed by atoms with van der Waals surface area (Å²) in [6.45, 7) is 3.92. The van der Waals surface area contributed by atoms with Crippen molar-refractivity contribution in [2.75, 3.05) is 5.32 Å². The summed E-state index contributed by atoms with van der Waals surface area (Å²) in [5.74, 6) is -0.795. The van der Waals surface area contributed by atoms with E-state index in [1.54, 1.807) is 31.3 Å². The molecule has 3 aromatic rings. The molecule has 1 aromatic heterocycles. The van der Waals surface area contributed by atoms with Crippen LogP contribution in [0.2, 0.25) is 0 Å². The highest BCUT2D eigenvalue weighted by Gasteiger charge is 2.19. The van der Waals surface area contributed by atoms with E-state index in [0.717, 1.165) is 11.3 Å². The SMILES string of the molecule is CCC(=CC(=O)c1c(O)c2ccccc2n(C)c1=O)Nc1ccc(C)cc1. The molecule has 0 aliphatic carbocycles. The second kappa shape index (κ2) is 7.50. The van der Waals surface area contributed by atoms with Gasteiger partial charge in [0.2, 0.25) is 0 Å². The number of carbonyl (C=O) groups excluding carboxylic acids is 1. The number of hydrogen-bond donors (Lipinski definition) is 2. The lowest BCUT2D eigenvalue weighted by Crippen LogP contribution is -2.24. The van der Waals surface area contributed by atoms with Gasteiger partial charge in [0.25, 0.3) is 5.56 Å². The van der Waals surface area contributed by atoms with E-state index in [9.17, 15) is 14.7 Å². The van der Waals surface area contributed by atoms with Crippen molar-refractivity contribution in [3.8, 4) is 5.75 Å². The predicted octanol–water partition coefficient (Wildman–Crippen LogP) is 4.14. The Labute approximate surface area is 157 Å². The lowest BCUT2D eigenvalue weighted by atomic mass is 10.1. The van der Waals surface area contributed by atoms with Crippen LogP contribution in [-0.2, 0) is 7.05 Å². The van der Waals surface area contributed by atoms with Gasteiger partial charge in [0, 0.05) is 29.9 Å². The van der Waals surface area contributed by atoms with E-state index in [2.05, 4.69) is 5.32 Å². The molecule has 1 heterocycles. The smallest absolute Gasteiger partial charge is 0.265 e. The molecule has 0 saturated heterocycles. The molecule has 27 heavy (non-hydrogen) atoms. The first-order valence-electron chi connectivity index (χ1n) is 8.81. The van der Waals surface area contributed by atoms with Crippen molar-refractivity contribution in [1.29, 1.82) is 0 Å². The standard InChI is InChI=1S/C22H22N2O3/c1-4-15(23-16-11-9-14(2)10-12-16)13-19(25)20-21(26)17-7-5-6-8-18(17)24(3)22(20)27/h5-13,23,26H,4H2,1-3H3. The number of rotatable bonds is 5. The fraction of sp³-hybridized carbons (Fsp3) is 0.182. The summed E-state index contributed by atoms with van der Waals surface area (Å²) in [5.41, 5.74) is 2.51. The average molecular weight is 362 g/mol. The van der Waals surface area contributed by atoms with Crippen molar-refractivity contribution in [3.05, 3.63) is 81.8 Å². The van der Waals surface area contributed by atoms with Crippen molar-refractivity contribution in [3.63, 3.8) is 0 Å². The Hall–Kier alpha value is -3.34. The van der Waals surface area contributed by atoms with Gasteiger partial charge in [0.05, 0.1) is 5.52 Å². The van der Waals surface area contributed by atoms with Crippen LogP contribution in [0, 0.1) is 6.92 Å². The lowest BCUT2D eigenvalue weighted by molar-refractivity contribution is 0.104. The molecule has 0 atom stereocenters. The molecule has 0 unspecified atom stereocenters. The minimum Gasteiger partial charge on any atom is -0.506 e. The van der Waals surface area contributed by atoms with Crippen LogP contribution in [0.25, 0.3) is 10.9 Å². The maximum absolute atomic E-state index is 12.8. The zero-order chi connectivity index (χ0) is 19.6. The van der Waals surface area contributed by atoms with Gasteiger partial charge in [-0.05, 0) is 37.6 Å². The lowest BCUT2D eigenvalue weighted by Gasteiger charge is -2.12. The van der Waals surface area contributed by atoms with Crippen molar-refractivity contribution in [1.82, 2.24) is 4.57 Å². The zero-order valence-corrected chi connectivity index (χ0v) is 15.6. The molecule has 0 bridgehead atoms. The third-order valence-electron chi connectivity index (χ3n) is 4.56. The van der Waals surface area contributed by atoms with Crippen LogP contribution in [0.1, 0.15) is 29.3 Å². The van der Waals surface area contributed by atoms with Crippen LogP contribution in [0.4, 0.5) is 5.69 Å². The number of nitrogens with one attached hydrogen (secondary N) is 1. The van der Waals surface area contributed by atoms with Gasteiger partial charge in [-0.1, -0.05) is 36.8 Å². The summed E-state index contributed by atoms with van der Waals surface area (Å²) in [6.07, 6.45) is 1.96. The predicted molar refractivity (Wildman–Crippen MR) is 108 cm³/mol. The molecule has 138 valence electrons. The number of hydrogen-bond acceptors (Lipinski definition) is 4. The van der Waals surface area contributed by atoms with Gasteiger partial charge >= 0.3 is 0 Å². The molecule has 0 saturated carbocycles. The first-order valence-corrected chi connectivity index (χ1v) is 8.81. The number of ketones is 1. The van der Waals surface area contributed by atoms with E-state index >= 15 is 0 Å². The number of para-hydroxylation sites is 1. The Morgan fingerprint density at radius 2 is 1.81 bits per heavy atom. The number of pyridine rings is 1. The molecule has 0 aliphatic heterocycles. The molecular weight excluding hydrogens is 340 g/mol. The molecule has 2 aromatic carbocycles. The van der Waals surface area contributed by atoms with Gasteiger partial charge in [-0.25, -0.2) is 0 Å². The van der Waals surface area contributed by atoms with Crippen molar-refractivity contribution < 1.29 is 9.90 Å². The van der Waals surface area contributed by atoms with Gasteiger partial charge in [0.1, 0.15) is 11.3 Å². The maximum atomic E-state index is 12.8. The van der Waals surface area contributed by atoms with Gasteiger partial charge in [-0.15, -0.1) is 0 Å². The highest BCUT2D eigenvalue weighted by Crippen LogP contribution is 2.26. The molecule has 0 amide bonds. The van der Waals surface area contributed by atoms with E-state index in [4.69, 9.17) is 0 Å².